The Morgan fingerprint density at radius 3 is 2.44 bits per heavy atom. The summed E-state index contributed by atoms with van der Waals surface area (Å²) >= 11 is 3.35. The van der Waals surface area contributed by atoms with Gasteiger partial charge in [-0.2, -0.15) is 0 Å². The Bertz CT molecular complexity index is 786. The average molecular weight is 403 g/mol. The van der Waals surface area contributed by atoms with E-state index in [0.29, 0.717) is 42.7 Å². The van der Waals surface area contributed by atoms with Gasteiger partial charge in [0.2, 0.25) is 0 Å². The number of carbonyl (C=O) groups excluding carboxylic acids is 2. The summed E-state index contributed by atoms with van der Waals surface area (Å²) < 4.78 is 0.830. The number of carbonyl (C=O) groups is 2. The summed E-state index contributed by atoms with van der Waals surface area (Å²) in [6.45, 7) is 1.10. The number of amides is 2. The van der Waals surface area contributed by atoms with E-state index in [2.05, 4.69) is 21.2 Å². The predicted octanol–water partition coefficient (Wildman–Crippen LogP) is 3.30. The van der Waals surface area contributed by atoms with Crippen LogP contribution in [0.5, 0.6) is 0 Å². The van der Waals surface area contributed by atoms with Gasteiger partial charge in [-0.15, -0.1) is 0 Å². The molecule has 0 atom stereocenters. The van der Waals surface area contributed by atoms with E-state index in [4.69, 9.17) is 0 Å². The molecule has 2 amide bonds. The number of aliphatic hydroxyl groups is 1. The molecule has 0 bridgehead atoms. The van der Waals surface area contributed by atoms with Crippen molar-refractivity contribution in [3.63, 3.8) is 0 Å². The maximum atomic E-state index is 12.6. The van der Waals surface area contributed by atoms with Crippen LogP contribution in [0.15, 0.2) is 53.0 Å². The van der Waals surface area contributed by atoms with Crippen molar-refractivity contribution in [2.45, 2.75) is 18.9 Å². The lowest BCUT2D eigenvalue weighted by molar-refractivity contribution is 0.0546. The van der Waals surface area contributed by atoms with Crippen LogP contribution in [-0.2, 0) is 0 Å². The number of halogens is 1. The molecule has 5 nitrogen and oxygen atoms in total. The first-order valence-corrected chi connectivity index (χ1v) is 8.96. The lowest BCUT2D eigenvalue weighted by Crippen LogP contribution is -2.40. The van der Waals surface area contributed by atoms with Crippen LogP contribution in [0.3, 0.4) is 0 Å². The number of likely N-dealkylation sites (tertiary alicyclic amines) is 1. The lowest BCUT2D eigenvalue weighted by Gasteiger charge is -2.29. The van der Waals surface area contributed by atoms with E-state index < -0.39 is 0 Å². The van der Waals surface area contributed by atoms with E-state index in [1.54, 1.807) is 47.4 Å². The zero-order valence-corrected chi connectivity index (χ0v) is 15.2. The molecule has 0 saturated carbocycles. The Balaban J connectivity index is 1.71. The van der Waals surface area contributed by atoms with Crippen LogP contribution in [0, 0.1) is 0 Å². The molecule has 1 fully saturated rings. The molecular formula is C19H19BrN2O3. The highest BCUT2D eigenvalue weighted by Gasteiger charge is 2.22. The second-order valence-corrected chi connectivity index (χ2v) is 6.98. The van der Waals surface area contributed by atoms with Crippen LogP contribution in [-0.4, -0.2) is 41.0 Å². The number of rotatable bonds is 3. The molecule has 2 aromatic carbocycles. The van der Waals surface area contributed by atoms with E-state index in [1.807, 2.05) is 6.07 Å². The highest BCUT2D eigenvalue weighted by molar-refractivity contribution is 9.10. The SMILES string of the molecule is O=C(Nc1cccc(C(=O)N2CCC(O)CC2)c1)c1cccc(Br)c1. The molecule has 3 rings (SSSR count). The van der Waals surface area contributed by atoms with Crippen LogP contribution in [0.25, 0.3) is 0 Å². The van der Waals surface area contributed by atoms with Gasteiger partial charge in [-0.25, -0.2) is 0 Å². The van der Waals surface area contributed by atoms with Crippen molar-refractivity contribution < 1.29 is 14.7 Å². The molecule has 2 N–H and O–H groups in total. The third kappa shape index (κ3) is 4.46. The van der Waals surface area contributed by atoms with Crippen molar-refractivity contribution >= 4 is 33.4 Å². The van der Waals surface area contributed by atoms with Gasteiger partial charge in [0.25, 0.3) is 11.8 Å². The lowest BCUT2D eigenvalue weighted by atomic mass is 10.1. The minimum Gasteiger partial charge on any atom is -0.393 e. The highest BCUT2D eigenvalue weighted by Crippen LogP contribution is 2.18. The quantitative estimate of drug-likeness (QED) is 0.827. The van der Waals surface area contributed by atoms with Crippen molar-refractivity contribution in [1.29, 1.82) is 0 Å². The third-order valence-corrected chi connectivity index (χ3v) is 4.70. The zero-order valence-electron chi connectivity index (χ0n) is 13.6. The number of piperidine rings is 1. The van der Waals surface area contributed by atoms with Crippen LogP contribution in [0.2, 0.25) is 0 Å². The summed E-state index contributed by atoms with van der Waals surface area (Å²) in [5.74, 6) is -0.308. The van der Waals surface area contributed by atoms with Crippen LogP contribution >= 0.6 is 15.9 Å². The largest absolute Gasteiger partial charge is 0.393 e. The second kappa shape index (κ2) is 7.80. The summed E-state index contributed by atoms with van der Waals surface area (Å²) in [5.41, 5.74) is 1.65. The molecule has 1 aliphatic heterocycles. The molecule has 0 aromatic heterocycles. The fourth-order valence-corrected chi connectivity index (χ4v) is 3.21. The van der Waals surface area contributed by atoms with Crippen LogP contribution in [0.1, 0.15) is 33.6 Å². The van der Waals surface area contributed by atoms with Gasteiger partial charge in [-0.05, 0) is 49.2 Å². The van der Waals surface area contributed by atoms with Gasteiger partial charge in [-0.1, -0.05) is 28.1 Å². The summed E-state index contributed by atoms with van der Waals surface area (Å²) in [5, 5.41) is 12.4. The second-order valence-electron chi connectivity index (χ2n) is 6.07. The van der Waals surface area contributed by atoms with Crippen LogP contribution in [0.4, 0.5) is 5.69 Å². The maximum Gasteiger partial charge on any atom is 0.255 e. The number of aliphatic hydroxyl groups excluding tert-OH is 1. The molecule has 25 heavy (non-hydrogen) atoms. The first kappa shape index (κ1) is 17.6. The minimum atomic E-state index is -0.320. The first-order chi connectivity index (χ1) is 12.0. The normalized spacial score (nSPS) is 15.0. The van der Waals surface area contributed by atoms with Gasteiger partial charge in [0.1, 0.15) is 0 Å². The van der Waals surface area contributed by atoms with Gasteiger partial charge < -0.3 is 15.3 Å². The first-order valence-electron chi connectivity index (χ1n) is 8.17. The average Bonchev–Trinajstić information content (AvgIpc) is 2.62. The van der Waals surface area contributed by atoms with Gasteiger partial charge >= 0.3 is 0 Å². The molecule has 130 valence electrons. The summed E-state index contributed by atoms with van der Waals surface area (Å²) in [6.07, 6.45) is 0.885. The Morgan fingerprint density at radius 1 is 1.04 bits per heavy atom. The molecule has 0 aliphatic carbocycles. The Hall–Kier alpha value is -2.18. The van der Waals surface area contributed by atoms with Crippen molar-refractivity contribution in [1.82, 2.24) is 4.90 Å². The molecule has 6 heteroatoms. The van der Waals surface area contributed by atoms with Gasteiger partial charge in [0.05, 0.1) is 6.10 Å². The molecule has 2 aromatic rings. The van der Waals surface area contributed by atoms with Crippen LogP contribution < -0.4 is 5.32 Å². The molecule has 1 aliphatic rings. The van der Waals surface area contributed by atoms with Crippen molar-refractivity contribution in [3.8, 4) is 0 Å². The number of hydrogen-bond donors (Lipinski definition) is 2. The number of benzene rings is 2. The fraction of sp³-hybridized carbons (Fsp3) is 0.263. The van der Waals surface area contributed by atoms with E-state index in [1.165, 1.54) is 0 Å². The van der Waals surface area contributed by atoms with E-state index in [9.17, 15) is 14.7 Å². The minimum absolute atomic E-state index is 0.0783. The molecular weight excluding hydrogens is 384 g/mol. The van der Waals surface area contributed by atoms with E-state index >= 15 is 0 Å². The number of anilines is 1. The Morgan fingerprint density at radius 2 is 1.72 bits per heavy atom. The van der Waals surface area contributed by atoms with Crippen molar-refractivity contribution in [2.75, 3.05) is 18.4 Å². The van der Waals surface area contributed by atoms with E-state index in [-0.39, 0.29) is 17.9 Å². The molecule has 0 radical (unpaired) electrons. The summed E-state index contributed by atoms with van der Waals surface area (Å²) in [6, 6.07) is 14.0. The van der Waals surface area contributed by atoms with Crippen molar-refractivity contribution in [2.24, 2.45) is 0 Å². The predicted molar refractivity (Wildman–Crippen MR) is 99.7 cm³/mol. The standard InChI is InChI=1S/C19H19BrN2O3/c20-15-5-1-3-13(11-15)18(24)21-16-6-2-4-14(12-16)19(25)22-9-7-17(23)8-10-22/h1-6,11-12,17,23H,7-10H2,(H,21,24). The molecule has 1 heterocycles. The van der Waals surface area contributed by atoms with Gasteiger partial charge in [0.15, 0.2) is 0 Å². The highest BCUT2D eigenvalue weighted by atomic mass is 79.9. The maximum absolute atomic E-state index is 12.6. The summed E-state index contributed by atoms with van der Waals surface area (Å²) in [7, 11) is 0. The number of nitrogens with zero attached hydrogens (tertiary/aromatic N) is 1. The summed E-state index contributed by atoms with van der Waals surface area (Å²) in [4.78, 5) is 26.7. The monoisotopic (exact) mass is 402 g/mol. The van der Waals surface area contributed by atoms with E-state index in [0.717, 1.165) is 4.47 Å². The number of hydrogen-bond acceptors (Lipinski definition) is 3. The molecule has 0 spiro atoms. The molecule has 0 unspecified atom stereocenters. The Kier molecular flexibility index (Phi) is 5.50. The van der Waals surface area contributed by atoms with Crippen molar-refractivity contribution in [3.05, 3.63) is 64.1 Å². The topological polar surface area (TPSA) is 69.6 Å². The number of nitrogens with one attached hydrogen (secondary N) is 1. The Labute approximate surface area is 154 Å². The zero-order chi connectivity index (χ0) is 17.8. The smallest absolute Gasteiger partial charge is 0.255 e. The third-order valence-electron chi connectivity index (χ3n) is 4.21. The van der Waals surface area contributed by atoms with Gasteiger partial charge in [0, 0.05) is 34.4 Å². The van der Waals surface area contributed by atoms with Gasteiger partial charge in [-0.3, -0.25) is 9.59 Å². The fourth-order valence-electron chi connectivity index (χ4n) is 2.81. The molecule has 1 saturated heterocycles.